The third kappa shape index (κ3) is 3.24. The zero-order valence-electron chi connectivity index (χ0n) is 13.1. The lowest BCUT2D eigenvalue weighted by Crippen LogP contribution is -2.20. The van der Waals surface area contributed by atoms with Gasteiger partial charge in [0.1, 0.15) is 0 Å². The van der Waals surface area contributed by atoms with Gasteiger partial charge in [0.2, 0.25) is 5.91 Å². The van der Waals surface area contributed by atoms with Crippen molar-refractivity contribution in [1.29, 1.82) is 0 Å². The van der Waals surface area contributed by atoms with Crippen LogP contribution in [0.4, 0.5) is 11.4 Å². The summed E-state index contributed by atoms with van der Waals surface area (Å²) in [6.45, 7) is 4.05. The fourth-order valence-electron chi connectivity index (χ4n) is 2.61. The molecule has 1 aliphatic rings. The summed E-state index contributed by atoms with van der Waals surface area (Å²) >= 11 is 1.49. The van der Waals surface area contributed by atoms with E-state index >= 15 is 0 Å². The Bertz CT molecular complexity index is 787. The maximum absolute atomic E-state index is 12.6. The molecule has 0 bridgehead atoms. The third-order valence-electron chi connectivity index (χ3n) is 3.85. The molecule has 0 atom stereocenters. The Balaban J connectivity index is 1.87. The molecule has 5 heteroatoms. The lowest BCUT2D eigenvalue weighted by Gasteiger charge is -2.17. The molecule has 1 aliphatic heterocycles. The van der Waals surface area contributed by atoms with Crippen LogP contribution in [0.5, 0.6) is 0 Å². The Hall–Kier alpha value is -2.27. The summed E-state index contributed by atoms with van der Waals surface area (Å²) < 4.78 is 0. The highest BCUT2D eigenvalue weighted by molar-refractivity contribution is 8.00. The van der Waals surface area contributed by atoms with Gasteiger partial charge < -0.3 is 10.6 Å². The number of hydrogen-bond donors (Lipinski definition) is 2. The molecule has 23 heavy (non-hydrogen) atoms. The van der Waals surface area contributed by atoms with E-state index in [0.29, 0.717) is 17.0 Å². The first-order valence-corrected chi connectivity index (χ1v) is 8.53. The number of carbonyl (C=O) groups excluding carboxylic acids is 2. The van der Waals surface area contributed by atoms with Crippen LogP contribution in [-0.4, -0.2) is 17.6 Å². The van der Waals surface area contributed by atoms with Crippen molar-refractivity contribution in [2.45, 2.75) is 25.2 Å². The first kappa shape index (κ1) is 15.6. The second-order valence-corrected chi connectivity index (χ2v) is 6.48. The average Bonchev–Trinajstić information content (AvgIpc) is 2.55. The minimum absolute atomic E-state index is 0.0350. The predicted octanol–water partition coefficient (Wildman–Crippen LogP) is 3.85. The van der Waals surface area contributed by atoms with Crippen molar-refractivity contribution in [1.82, 2.24) is 0 Å². The summed E-state index contributed by atoms with van der Waals surface area (Å²) in [7, 11) is 0. The second-order valence-electron chi connectivity index (χ2n) is 5.46. The van der Waals surface area contributed by atoms with Gasteiger partial charge in [0, 0.05) is 16.1 Å². The predicted molar refractivity (Wildman–Crippen MR) is 94.3 cm³/mol. The van der Waals surface area contributed by atoms with E-state index < -0.39 is 0 Å². The molecule has 0 saturated carbocycles. The number of amides is 2. The zero-order valence-corrected chi connectivity index (χ0v) is 13.9. The van der Waals surface area contributed by atoms with Gasteiger partial charge >= 0.3 is 0 Å². The van der Waals surface area contributed by atoms with Gasteiger partial charge in [0.25, 0.3) is 5.91 Å². The maximum Gasteiger partial charge on any atom is 0.255 e. The number of nitrogens with one attached hydrogen (secondary N) is 2. The molecule has 118 valence electrons. The van der Waals surface area contributed by atoms with Crippen molar-refractivity contribution in [2.24, 2.45) is 0 Å². The zero-order chi connectivity index (χ0) is 16.4. The molecule has 3 rings (SSSR count). The lowest BCUT2D eigenvalue weighted by atomic mass is 10.1. The van der Waals surface area contributed by atoms with E-state index in [1.807, 2.05) is 31.2 Å². The Morgan fingerprint density at radius 3 is 2.91 bits per heavy atom. The van der Waals surface area contributed by atoms with Crippen LogP contribution in [-0.2, 0) is 11.2 Å². The highest BCUT2D eigenvalue weighted by atomic mass is 32.2. The SMILES string of the molecule is CCc1cccc(C)c1NC(=O)c1ccc2c(c1)NC(=O)CS2. The van der Waals surface area contributed by atoms with Gasteiger partial charge in [-0.3, -0.25) is 9.59 Å². The molecule has 0 radical (unpaired) electrons. The number of fused-ring (bicyclic) bond motifs is 1. The molecule has 0 saturated heterocycles. The van der Waals surface area contributed by atoms with Crippen LogP contribution < -0.4 is 10.6 Å². The summed E-state index contributed by atoms with van der Waals surface area (Å²) in [5.74, 6) is 0.218. The molecule has 4 nitrogen and oxygen atoms in total. The van der Waals surface area contributed by atoms with Gasteiger partial charge in [-0.25, -0.2) is 0 Å². The van der Waals surface area contributed by atoms with Gasteiger partial charge in [-0.1, -0.05) is 25.1 Å². The van der Waals surface area contributed by atoms with Crippen LogP contribution in [0.25, 0.3) is 0 Å². The molecular formula is C18H18N2O2S. The van der Waals surface area contributed by atoms with Crippen LogP contribution in [0.3, 0.4) is 0 Å². The fourth-order valence-corrected chi connectivity index (χ4v) is 3.40. The van der Waals surface area contributed by atoms with E-state index in [1.165, 1.54) is 11.8 Å². The van der Waals surface area contributed by atoms with Crippen molar-refractivity contribution >= 4 is 35.0 Å². The molecule has 0 aliphatic carbocycles. The lowest BCUT2D eigenvalue weighted by molar-refractivity contribution is -0.113. The number of aryl methyl sites for hydroxylation is 2. The van der Waals surface area contributed by atoms with Crippen LogP contribution in [0.2, 0.25) is 0 Å². The molecule has 0 aromatic heterocycles. The molecule has 0 fully saturated rings. The summed E-state index contributed by atoms with van der Waals surface area (Å²) in [4.78, 5) is 25.1. The number of benzene rings is 2. The van der Waals surface area contributed by atoms with Gasteiger partial charge in [-0.15, -0.1) is 11.8 Å². The van der Waals surface area contributed by atoms with Gasteiger partial charge in [-0.2, -0.15) is 0 Å². The van der Waals surface area contributed by atoms with E-state index in [1.54, 1.807) is 12.1 Å². The number of rotatable bonds is 3. The largest absolute Gasteiger partial charge is 0.324 e. The minimum Gasteiger partial charge on any atom is -0.324 e. The third-order valence-corrected chi connectivity index (χ3v) is 4.93. The summed E-state index contributed by atoms with van der Waals surface area (Å²) in [5.41, 5.74) is 4.27. The molecule has 2 aromatic rings. The number of para-hydroxylation sites is 1. The van der Waals surface area contributed by atoms with Crippen molar-refractivity contribution in [3.8, 4) is 0 Å². The topological polar surface area (TPSA) is 58.2 Å². The summed E-state index contributed by atoms with van der Waals surface area (Å²) in [6, 6.07) is 11.4. The molecule has 0 spiro atoms. The standard InChI is InChI=1S/C18H18N2O2S/c1-3-12-6-4-5-11(2)17(12)20-18(22)13-7-8-15-14(9-13)19-16(21)10-23-15/h4-9H,3,10H2,1-2H3,(H,19,21)(H,20,22). The number of carbonyl (C=O) groups is 2. The summed E-state index contributed by atoms with van der Waals surface area (Å²) in [5, 5.41) is 5.82. The van der Waals surface area contributed by atoms with Gasteiger partial charge in [0.15, 0.2) is 0 Å². The Labute approximate surface area is 139 Å². The first-order chi connectivity index (χ1) is 11.1. The monoisotopic (exact) mass is 326 g/mol. The number of thioether (sulfide) groups is 1. The normalized spacial score (nSPS) is 13.2. The van der Waals surface area contributed by atoms with Gasteiger partial charge in [0.05, 0.1) is 11.4 Å². The Morgan fingerprint density at radius 2 is 2.13 bits per heavy atom. The van der Waals surface area contributed by atoms with Crippen molar-refractivity contribution in [2.75, 3.05) is 16.4 Å². The van der Waals surface area contributed by atoms with Crippen LogP contribution in [0.15, 0.2) is 41.3 Å². The highest BCUT2D eigenvalue weighted by Gasteiger charge is 2.18. The first-order valence-electron chi connectivity index (χ1n) is 7.55. The van der Waals surface area contributed by atoms with Crippen LogP contribution in [0, 0.1) is 6.92 Å². The van der Waals surface area contributed by atoms with Crippen molar-refractivity contribution < 1.29 is 9.59 Å². The fraction of sp³-hybridized carbons (Fsp3) is 0.222. The van der Waals surface area contributed by atoms with E-state index in [0.717, 1.165) is 28.1 Å². The van der Waals surface area contributed by atoms with E-state index in [-0.39, 0.29) is 11.8 Å². The molecule has 2 amide bonds. The number of anilines is 2. The number of hydrogen-bond acceptors (Lipinski definition) is 3. The van der Waals surface area contributed by atoms with E-state index in [2.05, 4.69) is 17.6 Å². The molecular weight excluding hydrogens is 308 g/mol. The van der Waals surface area contributed by atoms with Crippen LogP contribution >= 0.6 is 11.8 Å². The minimum atomic E-state index is -0.165. The smallest absolute Gasteiger partial charge is 0.255 e. The van der Waals surface area contributed by atoms with E-state index in [4.69, 9.17) is 0 Å². The van der Waals surface area contributed by atoms with Crippen molar-refractivity contribution in [3.63, 3.8) is 0 Å². The average molecular weight is 326 g/mol. The van der Waals surface area contributed by atoms with E-state index in [9.17, 15) is 9.59 Å². The Morgan fingerprint density at radius 1 is 1.30 bits per heavy atom. The van der Waals surface area contributed by atoms with Crippen LogP contribution in [0.1, 0.15) is 28.4 Å². The highest BCUT2D eigenvalue weighted by Crippen LogP contribution is 2.32. The quantitative estimate of drug-likeness (QED) is 0.900. The molecule has 1 heterocycles. The molecule has 2 aromatic carbocycles. The summed E-state index contributed by atoms with van der Waals surface area (Å²) in [6.07, 6.45) is 0.855. The Kier molecular flexibility index (Phi) is 4.39. The maximum atomic E-state index is 12.6. The molecule has 0 unspecified atom stereocenters. The molecule has 2 N–H and O–H groups in total. The second kappa shape index (κ2) is 6.46. The van der Waals surface area contributed by atoms with Gasteiger partial charge in [-0.05, 0) is 42.7 Å². The van der Waals surface area contributed by atoms with Crippen molar-refractivity contribution in [3.05, 3.63) is 53.1 Å².